The Hall–Kier alpha value is -1.31. The summed E-state index contributed by atoms with van der Waals surface area (Å²) in [5, 5.41) is 4.23. The van der Waals surface area contributed by atoms with Gasteiger partial charge in [0.25, 0.3) is 0 Å². The molecule has 2 rings (SSSR count). The molecule has 0 aromatic heterocycles. The summed E-state index contributed by atoms with van der Waals surface area (Å²) in [4.78, 5) is 0. The van der Waals surface area contributed by atoms with Crippen molar-refractivity contribution in [3.05, 3.63) is 58.6 Å². The standard InChI is InChI=1S/C17H20ClN/c1-3-9-19-12-16-11-15(7-8-17(16)18)14-6-4-5-13(2)10-14/h4-8,10-11,19H,3,9,12H2,1-2H3. The fraction of sp³-hybridized carbons (Fsp3) is 0.294. The average Bonchev–Trinajstić information content (AvgIpc) is 2.41. The summed E-state index contributed by atoms with van der Waals surface area (Å²) in [7, 11) is 0. The van der Waals surface area contributed by atoms with Crippen molar-refractivity contribution < 1.29 is 0 Å². The molecule has 0 heterocycles. The fourth-order valence-corrected chi connectivity index (χ4v) is 2.30. The van der Waals surface area contributed by atoms with Crippen LogP contribution in [-0.4, -0.2) is 6.54 Å². The number of nitrogens with one attached hydrogen (secondary N) is 1. The lowest BCUT2D eigenvalue weighted by Gasteiger charge is -2.09. The first-order valence-electron chi connectivity index (χ1n) is 6.77. The topological polar surface area (TPSA) is 12.0 Å². The van der Waals surface area contributed by atoms with E-state index >= 15 is 0 Å². The highest BCUT2D eigenvalue weighted by Crippen LogP contribution is 2.25. The lowest BCUT2D eigenvalue weighted by Crippen LogP contribution is -2.14. The molecule has 1 N–H and O–H groups in total. The van der Waals surface area contributed by atoms with E-state index in [2.05, 4.69) is 55.6 Å². The van der Waals surface area contributed by atoms with Gasteiger partial charge in [0.05, 0.1) is 0 Å². The summed E-state index contributed by atoms with van der Waals surface area (Å²) >= 11 is 6.25. The lowest BCUT2D eigenvalue weighted by molar-refractivity contribution is 0.676. The molecule has 0 unspecified atom stereocenters. The van der Waals surface area contributed by atoms with E-state index in [1.807, 2.05) is 6.07 Å². The van der Waals surface area contributed by atoms with E-state index in [-0.39, 0.29) is 0 Å². The second-order valence-electron chi connectivity index (χ2n) is 4.85. The van der Waals surface area contributed by atoms with Crippen LogP contribution in [0.3, 0.4) is 0 Å². The van der Waals surface area contributed by atoms with Gasteiger partial charge in [-0.3, -0.25) is 0 Å². The molecule has 0 fully saturated rings. The van der Waals surface area contributed by atoms with E-state index in [9.17, 15) is 0 Å². The van der Waals surface area contributed by atoms with Crippen molar-refractivity contribution in [1.82, 2.24) is 5.32 Å². The van der Waals surface area contributed by atoms with Gasteiger partial charge in [-0.1, -0.05) is 54.4 Å². The molecule has 0 aliphatic rings. The number of hydrogen-bond donors (Lipinski definition) is 1. The van der Waals surface area contributed by atoms with Crippen LogP contribution in [0.5, 0.6) is 0 Å². The van der Waals surface area contributed by atoms with E-state index in [1.165, 1.54) is 16.7 Å². The number of benzene rings is 2. The van der Waals surface area contributed by atoms with Crippen LogP contribution in [0.2, 0.25) is 5.02 Å². The number of aryl methyl sites for hydroxylation is 1. The highest BCUT2D eigenvalue weighted by atomic mass is 35.5. The van der Waals surface area contributed by atoms with Crippen LogP contribution in [0.1, 0.15) is 24.5 Å². The maximum atomic E-state index is 6.25. The summed E-state index contributed by atoms with van der Waals surface area (Å²) in [5.74, 6) is 0. The first-order valence-corrected chi connectivity index (χ1v) is 7.14. The van der Waals surface area contributed by atoms with Crippen LogP contribution >= 0.6 is 11.6 Å². The number of halogens is 1. The fourth-order valence-electron chi connectivity index (χ4n) is 2.11. The van der Waals surface area contributed by atoms with Gasteiger partial charge in [-0.25, -0.2) is 0 Å². The lowest BCUT2D eigenvalue weighted by atomic mass is 10.0. The minimum absolute atomic E-state index is 0.826. The van der Waals surface area contributed by atoms with Crippen molar-refractivity contribution in [3.63, 3.8) is 0 Å². The van der Waals surface area contributed by atoms with Gasteiger partial charge in [0.15, 0.2) is 0 Å². The molecule has 0 bridgehead atoms. The molecule has 19 heavy (non-hydrogen) atoms. The van der Waals surface area contributed by atoms with Gasteiger partial charge in [0.1, 0.15) is 0 Å². The molecule has 0 radical (unpaired) electrons. The molecule has 0 saturated carbocycles. The Bertz CT molecular complexity index is 549. The van der Waals surface area contributed by atoms with Crippen molar-refractivity contribution in [3.8, 4) is 11.1 Å². The van der Waals surface area contributed by atoms with Crippen LogP contribution in [0.4, 0.5) is 0 Å². The van der Waals surface area contributed by atoms with Crippen LogP contribution in [-0.2, 0) is 6.54 Å². The molecule has 2 aromatic carbocycles. The van der Waals surface area contributed by atoms with Crippen LogP contribution < -0.4 is 5.32 Å². The third-order valence-corrected chi connectivity index (χ3v) is 3.51. The molecule has 0 atom stereocenters. The summed E-state index contributed by atoms with van der Waals surface area (Å²) in [6.07, 6.45) is 1.13. The summed E-state index contributed by atoms with van der Waals surface area (Å²) in [6, 6.07) is 14.8. The average molecular weight is 274 g/mol. The third kappa shape index (κ3) is 3.82. The maximum absolute atomic E-state index is 6.25. The second-order valence-corrected chi connectivity index (χ2v) is 5.26. The zero-order chi connectivity index (χ0) is 13.7. The predicted molar refractivity (Wildman–Crippen MR) is 83.6 cm³/mol. The molecule has 0 amide bonds. The van der Waals surface area contributed by atoms with Gasteiger partial charge in [-0.15, -0.1) is 0 Å². The van der Waals surface area contributed by atoms with Gasteiger partial charge in [-0.2, -0.15) is 0 Å². The highest BCUT2D eigenvalue weighted by molar-refractivity contribution is 6.31. The number of rotatable bonds is 5. The Balaban J connectivity index is 2.25. The molecule has 2 aromatic rings. The Kier molecular flexibility index (Phi) is 5.00. The van der Waals surface area contributed by atoms with Crippen LogP contribution in [0, 0.1) is 6.92 Å². The molecule has 100 valence electrons. The van der Waals surface area contributed by atoms with Crippen molar-refractivity contribution in [1.29, 1.82) is 0 Å². The smallest absolute Gasteiger partial charge is 0.0451 e. The zero-order valence-corrected chi connectivity index (χ0v) is 12.3. The monoisotopic (exact) mass is 273 g/mol. The van der Waals surface area contributed by atoms with Gasteiger partial charge >= 0.3 is 0 Å². The summed E-state index contributed by atoms with van der Waals surface area (Å²) < 4.78 is 0. The summed E-state index contributed by atoms with van der Waals surface area (Å²) in [6.45, 7) is 6.12. The van der Waals surface area contributed by atoms with E-state index in [0.29, 0.717) is 0 Å². The highest BCUT2D eigenvalue weighted by Gasteiger charge is 2.04. The van der Waals surface area contributed by atoms with Crippen LogP contribution in [0.15, 0.2) is 42.5 Å². The van der Waals surface area contributed by atoms with Gasteiger partial charge in [0, 0.05) is 11.6 Å². The normalized spacial score (nSPS) is 10.7. The van der Waals surface area contributed by atoms with E-state index in [1.54, 1.807) is 0 Å². The van der Waals surface area contributed by atoms with Crippen molar-refractivity contribution >= 4 is 11.6 Å². The number of hydrogen-bond acceptors (Lipinski definition) is 1. The van der Waals surface area contributed by atoms with E-state index in [0.717, 1.165) is 30.1 Å². The Labute approximate surface area is 120 Å². The minimum Gasteiger partial charge on any atom is -0.313 e. The zero-order valence-electron chi connectivity index (χ0n) is 11.5. The first-order chi connectivity index (χ1) is 9.20. The van der Waals surface area contributed by atoms with Crippen molar-refractivity contribution in [2.45, 2.75) is 26.8 Å². The van der Waals surface area contributed by atoms with Crippen LogP contribution in [0.25, 0.3) is 11.1 Å². The Morgan fingerprint density at radius 1 is 1.05 bits per heavy atom. The Morgan fingerprint density at radius 3 is 2.58 bits per heavy atom. The predicted octanol–water partition coefficient (Wildman–Crippen LogP) is 4.82. The quantitative estimate of drug-likeness (QED) is 0.771. The maximum Gasteiger partial charge on any atom is 0.0451 e. The van der Waals surface area contributed by atoms with Gasteiger partial charge in [0.2, 0.25) is 0 Å². The summed E-state index contributed by atoms with van der Waals surface area (Å²) in [5.41, 5.74) is 4.90. The molecular weight excluding hydrogens is 254 g/mol. The SMILES string of the molecule is CCCNCc1cc(-c2cccc(C)c2)ccc1Cl. The largest absolute Gasteiger partial charge is 0.313 e. The third-order valence-electron chi connectivity index (χ3n) is 3.14. The molecule has 1 nitrogen and oxygen atoms in total. The van der Waals surface area contributed by atoms with Crippen molar-refractivity contribution in [2.75, 3.05) is 6.54 Å². The minimum atomic E-state index is 0.826. The van der Waals surface area contributed by atoms with Gasteiger partial charge in [-0.05, 0) is 48.7 Å². The second kappa shape index (κ2) is 6.74. The molecule has 0 aliphatic carbocycles. The van der Waals surface area contributed by atoms with E-state index < -0.39 is 0 Å². The van der Waals surface area contributed by atoms with Gasteiger partial charge < -0.3 is 5.32 Å². The molecule has 0 spiro atoms. The molecular formula is C17H20ClN. The molecule has 2 heteroatoms. The Morgan fingerprint density at radius 2 is 1.84 bits per heavy atom. The first kappa shape index (κ1) is 14.1. The molecule has 0 aliphatic heterocycles. The molecule has 0 saturated heterocycles. The van der Waals surface area contributed by atoms with Crippen molar-refractivity contribution in [2.24, 2.45) is 0 Å². The van der Waals surface area contributed by atoms with E-state index in [4.69, 9.17) is 11.6 Å².